The minimum absolute atomic E-state index is 0.0796. The molecule has 332 valence electrons. The second kappa shape index (κ2) is 22.2. The number of phosphoric ester groups is 1. The third kappa shape index (κ3) is 15.8. The number of phosphoric acid groups is 3. The van der Waals surface area contributed by atoms with Crippen molar-refractivity contribution < 1.29 is 79.7 Å². The van der Waals surface area contributed by atoms with Gasteiger partial charge < -0.3 is 64.8 Å². The number of nitrogens with two attached hydrogens (primary N) is 1. The minimum Gasteiger partial charge on any atom is -0.491 e. The van der Waals surface area contributed by atoms with Crippen molar-refractivity contribution in [3.63, 3.8) is 0 Å². The van der Waals surface area contributed by atoms with Gasteiger partial charge in [0.25, 0.3) is 5.91 Å². The highest BCUT2D eigenvalue weighted by molar-refractivity contribution is 7.66. The number of azide groups is 1. The molecule has 1 fully saturated rings. The standard InChI is InChI=1S/C31H41N10O17P3/c1-19(42)34-10-11-36-31(44)20-7-5-8-22(12-20)53-17-26(39-40-33)54-16-25(43)35-9-4-3-6-21-14-41(30-28(21)29(32)37-18-38-30)27-13-23(52-2)24(56-27)15-55-60(48,49)58-61(50,51)57-59(45,46)47/h5,7-8,12,14,18,23-24,26-27H,4,9-11,13,15-17H2,1-2H3,(H,34,42)(H,35,43)(H,36,44)(H,48,49)(H,50,51)(H2,32,37,38)(H2,45,46,47). The Labute approximate surface area is 345 Å². The van der Waals surface area contributed by atoms with E-state index in [9.17, 15) is 37.9 Å². The van der Waals surface area contributed by atoms with E-state index in [4.69, 9.17) is 44.5 Å². The normalized spacial score (nSPS) is 18.7. The van der Waals surface area contributed by atoms with Crippen LogP contribution in [0.25, 0.3) is 21.5 Å². The molecule has 1 aliphatic heterocycles. The zero-order chi connectivity index (χ0) is 44.8. The van der Waals surface area contributed by atoms with Crippen molar-refractivity contribution in [2.24, 2.45) is 5.11 Å². The van der Waals surface area contributed by atoms with Crippen LogP contribution in [0.15, 0.2) is 41.9 Å². The quantitative estimate of drug-likeness (QED) is 0.0175. The Bertz CT molecular complexity index is 2310. The summed E-state index contributed by atoms with van der Waals surface area (Å²) in [6, 6.07) is 6.16. The third-order valence-electron chi connectivity index (χ3n) is 7.91. The summed E-state index contributed by atoms with van der Waals surface area (Å²) in [7, 11) is -15.4. The monoisotopic (exact) mass is 918 g/mol. The Kier molecular flexibility index (Phi) is 17.7. The summed E-state index contributed by atoms with van der Waals surface area (Å²) in [4.78, 5) is 83.7. The van der Waals surface area contributed by atoms with E-state index in [2.05, 4.69) is 56.4 Å². The molecule has 27 nitrogen and oxygen atoms in total. The van der Waals surface area contributed by atoms with E-state index in [0.717, 1.165) is 0 Å². The Morgan fingerprint density at radius 1 is 1.10 bits per heavy atom. The van der Waals surface area contributed by atoms with E-state index in [0.29, 0.717) is 16.6 Å². The molecule has 0 aliphatic carbocycles. The highest BCUT2D eigenvalue weighted by atomic mass is 31.3. The fourth-order valence-corrected chi connectivity index (χ4v) is 8.42. The number of nitrogens with one attached hydrogen (secondary N) is 3. The van der Waals surface area contributed by atoms with E-state index in [1.165, 1.54) is 26.4 Å². The number of rotatable bonds is 22. The Morgan fingerprint density at radius 3 is 2.56 bits per heavy atom. The van der Waals surface area contributed by atoms with Gasteiger partial charge in [-0.3, -0.25) is 18.9 Å². The lowest BCUT2D eigenvalue weighted by molar-refractivity contribution is -0.128. The van der Waals surface area contributed by atoms with Gasteiger partial charge in [0.2, 0.25) is 11.8 Å². The zero-order valence-corrected chi connectivity index (χ0v) is 34.8. The predicted octanol–water partition coefficient (Wildman–Crippen LogP) is 1.12. The summed E-state index contributed by atoms with van der Waals surface area (Å²) < 4.78 is 71.0. The molecule has 9 N–H and O–H groups in total. The maximum atomic E-state index is 12.5. The molecule has 30 heteroatoms. The van der Waals surface area contributed by atoms with Crippen LogP contribution in [-0.2, 0) is 50.6 Å². The number of anilines is 1. The van der Waals surface area contributed by atoms with Gasteiger partial charge >= 0.3 is 23.5 Å². The number of hydrogen-bond acceptors (Lipinski definition) is 17. The largest absolute Gasteiger partial charge is 0.491 e. The number of carbonyl (C=O) groups is 3. The Balaban J connectivity index is 1.29. The first-order chi connectivity index (χ1) is 28.8. The van der Waals surface area contributed by atoms with Crippen LogP contribution in [0.4, 0.5) is 5.82 Å². The van der Waals surface area contributed by atoms with E-state index >= 15 is 0 Å². The molecule has 0 saturated carbocycles. The molecular formula is C31H41N10O17P3. The number of nitrogens with zero attached hydrogens (tertiary/aromatic N) is 6. The molecule has 3 amide bonds. The molecule has 0 radical (unpaired) electrons. The molecule has 3 aromatic rings. The van der Waals surface area contributed by atoms with Gasteiger partial charge in [-0.15, -0.1) is 0 Å². The molecule has 0 spiro atoms. The number of nitrogen functional groups attached to an aromatic ring is 1. The fourth-order valence-electron chi connectivity index (χ4n) is 5.39. The summed E-state index contributed by atoms with van der Waals surface area (Å²) in [5, 5.41) is 11.7. The van der Waals surface area contributed by atoms with Gasteiger partial charge in [-0.05, 0) is 23.7 Å². The van der Waals surface area contributed by atoms with Gasteiger partial charge in [0.15, 0.2) is 6.23 Å². The van der Waals surface area contributed by atoms with E-state index in [1.54, 1.807) is 29.0 Å². The maximum Gasteiger partial charge on any atom is 0.490 e. The van der Waals surface area contributed by atoms with Gasteiger partial charge in [-0.25, -0.2) is 23.7 Å². The van der Waals surface area contributed by atoms with Gasteiger partial charge in [-0.2, -0.15) is 8.62 Å². The first kappa shape index (κ1) is 48.7. The average molecular weight is 919 g/mol. The summed E-state index contributed by atoms with van der Waals surface area (Å²) in [5.41, 5.74) is 16.1. The number of amides is 3. The summed E-state index contributed by atoms with van der Waals surface area (Å²) in [5.74, 6) is 5.03. The lowest BCUT2D eigenvalue weighted by Crippen LogP contribution is -2.33. The van der Waals surface area contributed by atoms with Crippen molar-refractivity contribution in [3.8, 4) is 17.6 Å². The second-order valence-electron chi connectivity index (χ2n) is 12.4. The number of benzene rings is 1. The van der Waals surface area contributed by atoms with Crippen LogP contribution in [0.2, 0.25) is 0 Å². The van der Waals surface area contributed by atoms with Crippen LogP contribution in [0, 0.1) is 11.8 Å². The smallest absolute Gasteiger partial charge is 0.490 e. The van der Waals surface area contributed by atoms with Gasteiger partial charge in [-0.1, -0.05) is 23.0 Å². The molecule has 1 aromatic carbocycles. The summed E-state index contributed by atoms with van der Waals surface area (Å²) in [6.07, 6.45) is -0.868. The molecular weight excluding hydrogens is 877 g/mol. The van der Waals surface area contributed by atoms with Gasteiger partial charge in [0.05, 0.1) is 23.7 Å². The molecule has 6 atom stereocenters. The van der Waals surface area contributed by atoms with Gasteiger partial charge in [0, 0.05) is 63.2 Å². The van der Waals surface area contributed by atoms with Gasteiger partial charge in [0.1, 0.15) is 49.1 Å². The lowest BCUT2D eigenvalue weighted by atomic mass is 10.2. The van der Waals surface area contributed by atoms with E-state index in [1.807, 2.05) is 0 Å². The molecule has 3 heterocycles. The van der Waals surface area contributed by atoms with Crippen LogP contribution < -0.4 is 26.4 Å². The number of ether oxygens (including phenoxy) is 4. The number of hydrogen-bond donors (Lipinski definition) is 8. The van der Waals surface area contributed by atoms with Crippen molar-refractivity contribution in [2.45, 2.75) is 44.4 Å². The second-order valence-corrected chi connectivity index (χ2v) is 16.8. The zero-order valence-electron chi connectivity index (χ0n) is 32.1. The van der Waals surface area contributed by atoms with Crippen LogP contribution in [0.1, 0.15) is 41.9 Å². The Morgan fingerprint density at radius 2 is 1.85 bits per heavy atom. The average Bonchev–Trinajstić information content (AvgIpc) is 3.77. The molecule has 1 aliphatic rings. The van der Waals surface area contributed by atoms with Crippen molar-refractivity contribution in [1.29, 1.82) is 0 Å². The summed E-state index contributed by atoms with van der Waals surface area (Å²) in [6.45, 7) is 0.385. The molecule has 1 saturated heterocycles. The first-order valence-corrected chi connectivity index (χ1v) is 22.1. The van der Waals surface area contributed by atoms with E-state index in [-0.39, 0.29) is 62.1 Å². The third-order valence-corrected chi connectivity index (χ3v) is 11.7. The molecule has 2 aromatic heterocycles. The molecule has 61 heavy (non-hydrogen) atoms. The SMILES string of the molecule is COC1CC(n2cc(C#CCCNC(=O)COC(COc3cccc(C(=O)NCCNC(C)=O)c3)N=[N+]=[N-])c3c(N)ncnc32)OC1COP(=O)(O)OP(=O)(O)OP(=O)(O)O. The molecule has 6 unspecified atom stereocenters. The van der Waals surface area contributed by atoms with Crippen molar-refractivity contribution >= 4 is 58.0 Å². The van der Waals surface area contributed by atoms with Crippen molar-refractivity contribution in [3.05, 3.63) is 58.4 Å². The Hall–Kier alpha value is -4.99. The maximum absolute atomic E-state index is 12.5. The van der Waals surface area contributed by atoms with E-state index < -0.39 is 73.2 Å². The molecule has 0 bridgehead atoms. The highest BCUT2D eigenvalue weighted by Gasteiger charge is 2.43. The van der Waals surface area contributed by atoms with Crippen molar-refractivity contribution in [1.82, 2.24) is 30.5 Å². The topological polar surface area (TPSA) is 390 Å². The van der Waals surface area contributed by atoms with Crippen LogP contribution in [-0.4, -0.2) is 117 Å². The predicted molar refractivity (Wildman–Crippen MR) is 207 cm³/mol. The lowest BCUT2D eigenvalue weighted by Gasteiger charge is -2.20. The van der Waals surface area contributed by atoms with Crippen LogP contribution in [0.5, 0.6) is 5.75 Å². The molecule has 4 rings (SSSR count). The first-order valence-electron chi connectivity index (χ1n) is 17.5. The number of fused-ring (bicyclic) bond motifs is 1. The number of carbonyl (C=O) groups excluding carboxylic acids is 3. The summed E-state index contributed by atoms with van der Waals surface area (Å²) >= 11 is 0. The van der Waals surface area contributed by atoms with Crippen LogP contribution >= 0.6 is 23.5 Å². The minimum atomic E-state index is -5.73. The van der Waals surface area contributed by atoms with Crippen LogP contribution in [0.3, 0.4) is 0 Å². The van der Waals surface area contributed by atoms with Crippen molar-refractivity contribution in [2.75, 3.05) is 52.3 Å². The number of aromatic nitrogens is 3. The fraction of sp³-hybridized carbons (Fsp3) is 0.452. The highest BCUT2D eigenvalue weighted by Crippen LogP contribution is 2.66. The number of methoxy groups -OCH3 is 1.